The first-order valence-electron chi connectivity index (χ1n) is 9.81. The highest BCUT2D eigenvalue weighted by Crippen LogP contribution is 2.23. The molecule has 0 aromatic heterocycles. The average molecular weight is 382 g/mol. The van der Waals surface area contributed by atoms with E-state index in [-0.39, 0.29) is 36.0 Å². The molecule has 5 heteroatoms. The second-order valence-electron chi connectivity index (χ2n) is 7.63. The minimum Gasteiger partial charge on any atom is -0.342 e. The SMILES string of the molecule is CC(C)N(Cc1ccccc1)C(=O)C1CC(=O)N(CCc2ccccc2F)C1. The van der Waals surface area contributed by atoms with Crippen molar-refractivity contribution in [3.8, 4) is 0 Å². The molecule has 4 nitrogen and oxygen atoms in total. The van der Waals surface area contributed by atoms with Gasteiger partial charge < -0.3 is 9.80 Å². The van der Waals surface area contributed by atoms with Gasteiger partial charge in [0.05, 0.1) is 5.92 Å². The minimum atomic E-state index is -0.334. The van der Waals surface area contributed by atoms with E-state index in [0.717, 1.165) is 5.56 Å². The molecule has 3 rings (SSSR count). The van der Waals surface area contributed by atoms with Gasteiger partial charge in [0.1, 0.15) is 5.82 Å². The Kier molecular flexibility index (Phi) is 6.45. The molecular weight excluding hydrogens is 355 g/mol. The van der Waals surface area contributed by atoms with Crippen molar-refractivity contribution in [1.29, 1.82) is 0 Å². The van der Waals surface area contributed by atoms with Gasteiger partial charge in [0.2, 0.25) is 11.8 Å². The minimum absolute atomic E-state index is 0.0144. The van der Waals surface area contributed by atoms with Crippen LogP contribution in [0.2, 0.25) is 0 Å². The zero-order valence-corrected chi connectivity index (χ0v) is 16.5. The number of carbonyl (C=O) groups excluding carboxylic acids is 2. The van der Waals surface area contributed by atoms with E-state index in [2.05, 4.69) is 0 Å². The first-order chi connectivity index (χ1) is 13.5. The van der Waals surface area contributed by atoms with E-state index in [1.54, 1.807) is 23.1 Å². The van der Waals surface area contributed by atoms with Gasteiger partial charge in [-0.25, -0.2) is 4.39 Å². The Hall–Kier alpha value is -2.69. The molecule has 0 N–H and O–H groups in total. The highest BCUT2D eigenvalue weighted by atomic mass is 19.1. The van der Waals surface area contributed by atoms with Crippen LogP contribution >= 0.6 is 0 Å². The van der Waals surface area contributed by atoms with Crippen LogP contribution in [0.15, 0.2) is 54.6 Å². The number of benzene rings is 2. The molecule has 0 radical (unpaired) electrons. The van der Waals surface area contributed by atoms with Gasteiger partial charge in [0.25, 0.3) is 0 Å². The molecule has 1 heterocycles. The van der Waals surface area contributed by atoms with Gasteiger partial charge >= 0.3 is 0 Å². The van der Waals surface area contributed by atoms with Crippen molar-refractivity contribution in [3.63, 3.8) is 0 Å². The average Bonchev–Trinajstić information content (AvgIpc) is 3.06. The molecule has 1 unspecified atom stereocenters. The van der Waals surface area contributed by atoms with Crippen molar-refractivity contribution in [2.45, 2.75) is 39.3 Å². The van der Waals surface area contributed by atoms with Gasteiger partial charge in [-0.05, 0) is 37.5 Å². The maximum absolute atomic E-state index is 13.8. The number of rotatable bonds is 7. The summed E-state index contributed by atoms with van der Waals surface area (Å²) in [7, 11) is 0. The Balaban J connectivity index is 1.62. The molecule has 2 amide bonds. The van der Waals surface area contributed by atoms with Crippen molar-refractivity contribution in [1.82, 2.24) is 9.80 Å². The lowest BCUT2D eigenvalue weighted by molar-refractivity contribution is -0.138. The summed E-state index contributed by atoms with van der Waals surface area (Å²) in [5.74, 6) is -0.603. The molecule has 0 spiro atoms. The molecule has 1 saturated heterocycles. The predicted molar refractivity (Wildman–Crippen MR) is 107 cm³/mol. The van der Waals surface area contributed by atoms with Gasteiger partial charge in [-0.3, -0.25) is 9.59 Å². The number of hydrogen-bond donors (Lipinski definition) is 0. The third kappa shape index (κ3) is 4.77. The number of carbonyl (C=O) groups is 2. The molecule has 1 fully saturated rings. The number of halogens is 1. The van der Waals surface area contributed by atoms with E-state index in [1.165, 1.54) is 6.07 Å². The van der Waals surface area contributed by atoms with Crippen LogP contribution in [0, 0.1) is 11.7 Å². The summed E-state index contributed by atoms with van der Waals surface area (Å²) in [5, 5.41) is 0. The number of amides is 2. The van der Waals surface area contributed by atoms with Gasteiger partial charge in [0, 0.05) is 32.1 Å². The fraction of sp³-hybridized carbons (Fsp3) is 0.391. The Bertz CT molecular complexity index is 822. The smallest absolute Gasteiger partial charge is 0.228 e. The van der Waals surface area contributed by atoms with Crippen LogP contribution in [0.3, 0.4) is 0 Å². The molecule has 1 atom stereocenters. The van der Waals surface area contributed by atoms with Gasteiger partial charge in [-0.15, -0.1) is 0 Å². The Morgan fingerprint density at radius 1 is 1.14 bits per heavy atom. The van der Waals surface area contributed by atoms with Crippen molar-refractivity contribution in [3.05, 3.63) is 71.5 Å². The van der Waals surface area contributed by atoms with Crippen LogP contribution in [0.1, 0.15) is 31.4 Å². The van der Waals surface area contributed by atoms with Crippen LogP contribution in [0.25, 0.3) is 0 Å². The zero-order valence-electron chi connectivity index (χ0n) is 16.5. The first kappa shape index (κ1) is 20.1. The van der Waals surface area contributed by atoms with E-state index in [0.29, 0.717) is 31.6 Å². The largest absolute Gasteiger partial charge is 0.342 e. The Labute approximate surface area is 166 Å². The maximum Gasteiger partial charge on any atom is 0.228 e. The Morgan fingerprint density at radius 3 is 2.50 bits per heavy atom. The fourth-order valence-electron chi connectivity index (χ4n) is 3.64. The van der Waals surface area contributed by atoms with Crippen molar-refractivity contribution < 1.29 is 14.0 Å². The summed E-state index contributed by atoms with van der Waals surface area (Å²) in [6.07, 6.45) is 0.686. The van der Waals surface area contributed by atoms with Gasteiger partial charge in [-0.2, -0.15) is 0 Å². The van der Waals surface area contributed by atoms with Crippen molar-refractivity contribution in [2.24, 2.45) is 5.92 Å². The lowest BCUT2D eigenvalue weighted by Gasteiger charge is -2.29. The lowest BCUT2D eigenvalue weighted by atomic mass is 10.1. The van der Waals surface area contributed by atoms with Crippen LogP contribution in [0.5, 0.6) is 0 Å². The quantitative estimate of drug-likeness (QED) is 0.733. The van der Waals surface area contributed by atoms with E-state index in [4.69, 9.17) is 0 Å². The van der Waals surface area contributed by atoms with Crippen molar-refractivity contribution >= 4 is 11.8 Å². The van der Waals surface area contributed by atoms with E-state index in [9.17, 15) is 14.0 Å². The van der Waals surface area contributed by atoms with Gasteiger partial charge in [-0.1, -0.05) is 48.5 Å². The summed E-state index contributed by atoms with van der Waals surface area (Å²) in [4.78, 5) is 29.0. The second-order valence-corrected chi connectivity index (χ2v) is 7.63. The van der Waals surface area contributed by atoms with Crippen LogP contribution < -0.4 is 0 Å². The molecule has 1 aliphatic heterocycles. The molecular formula is C23H27FN2O2. The third-order valence-corrected chi connectivity index (χ3v) is 5.27. The monoisotopic (exact) mass is 382 g/mol. The summed E-state index contributed by atoms with van der Waals surface area (Å²) in [5.41, 5.74) is 1.67. The summed E-state index contributed by atoms with van der Waals surface area (Å²) >= 11 is 0. The van der Waals surface area contributed by atoms with E-state index in [1.807, 2.05) is 49.1 Å². The second kappa shape index (κ2) is 9.00. The van der Waals surface area contributed by atoms with Crippen LogP contribution in [-0.2, 0) is 22.6 Å². The first-order valence-corrected chi connectivity index (χ1v) is 9.81. The normalized spacial score (nSPS) is 16.6. The topological polar surface area (TPSA) is 40.6 Å². The summed E-state index contributed by atoms with van der Waals surface area (Å²) < 4.78 is 13.8. The molecule has 148 valence electrons. The number of likely N-dealkylation sites (tertiary alicyclic amines) is 1. The summed E-state index contributed by atoms with van der Waals surface area (Å²) in [6, 6.07) is 16.5. The van der Waals surface area contributed by atoms with Crippen LogP contribution in [0.4, 0.5) is 4.39 Å². The lowest BCUT2D eigenvalue weighted by Crippen LogP contribution is -2.41. The van der Waals surface area contributed by atoms with E-state index < -0.39 is 0 Å². The molecule has 0 bridgehead atoms. The third-order valence-electron chi connectivity index (χ3n) is 5.27. The summed E-state index contributed by atoms with van der Waals surface area (Å²) in [6.45, 7) is 5.37. The molecule has 28 heavy (non-hydrogen) atoms. The van der Waals surface area contributed by atoms with Crippen molar-refractivity contribution in [2.75, 3.05) is 13.1 Å². The van der Waals surface area contributed by atoms with Crippen LogP contribution in [-0.4, -0.2) is 40.7 Å². The van der Waals surface area contributed by atoms with E-state index >= 15 is 0 Å². The molecule has 0 saturated carbocycles. The standard InChI is InChI=1S/C23H27FN2O2/c1-17(2)26(15-18-8-4-3-5-9-18)23(28)20-14-22(27)25(16-20)13-12-19-10-6-7-11-21(19)24/h3-11,17,20H,12-16H2,1-2H3. The highest BCUT2D eigenvalue weighted by Gasteiger charge is 2.37. The predicted octanol–water partition coefficient (Wildman–Crippen LogP) is 3.65. The fourth-order valence-corrected chi connectivity index (χ4v) is 3.64. The highest BCUT2D eigenvalue weighted by molar-refractivity contribution is 5.89. The molecule has 0 aliphatic carbocycles. The number of nitrogens with zero attached hydrogens (tertiary/aromatic N) is 2. The molecule has 1 aliphatic rings. The Morgan fingerprint density at radius 2 is 1.82 bits per heavy atom. The zero-order chi connectivity index (χ0) is 20.1. The maximum atomic E-state index is 13.8. The molecule has 2 aromatic carbocycles. The van der Waals surface area contributed by atoms with Gasteiger partial charge in [0.15, 0.2) is 0 Å². The molecule has 2 aromatic rings. The number of hydrogen-bond acceptors (Lipinski definition) is 2.